The number of nitrogens with zero attached hydrogens (tertiary/aromatic N) is 3. The highest BCUT2D eigenvalue weighted by Gasteiger charge is 1.96. The fraction of sp³-hybridized carbons (Fsp3) is 0.125. The minimum Gasteiger partial charge on any atom is -0.271 e. The summed E-state index contributed by atoms with van der Waals surface area (Å²) < 4.78 is 1.83. The number of hydrogen-bond donors (Lipinski definition) is 0. The van der Waals surface area contributed by atoms with E-state index in [0.717, 1.165) is 28.7 Å². The Bertz CT molecular complexity index is 746. The molecular weight excluding hydrogens is 270 g/mol. The van der Waals surface area contributed by atoms with E-state index in [1.54, 1.807) is 0 Å². The number of pyridine rings is 1. The van der Waals surface area contributed by atoms with E-state index in [2.05, 4.69) is 22.2 Å². The Hall–Kier alpha value is -2.13. The Morgan fingerprint density at radius 2 is 2.00 bits per heavy atom. The minimum absolute atomic E-state index is 0.567. The van der Waals surface area contributed by atoms with Gasteiger partial charge in [0.05, 0.1) is 24.0 Å². The summed E-state index contributed by atoms with van der Waals surface area (Å²) in [4.78, 5) is 4.60. The zero-order chi connectivity index (χ0) is 13.8. The molecule has 0 amide bonds. The van der Waals surface area contributed by atoms with Gasteiger partial charge in [-0.25, -0.2) is 4.98 Å². The molecule has 20 heavy (non-hydrogen) atoms. The van der Waals surface area contributed by atoms with Gasteiger partial charge in [0.15, 0.2) is 0 Å². The summed E-state index contributed by atoms with van der Waals surface area (Å²) >= 11 is 5.68. The summed E-state index contributed by atoms with van der Waals surface area (Å²) in [5.41, 5.74) is 2.99. The number of aryl methyl sites for hydroxylation is 1. The number of para-hydroxylation sites is 1. The molecule has 0 saturated carbocycles. The predicted molar refractivity (Wildman–Crippen MR) is 83.6 cm³/mol. The quantitative estimate of drug-likeness (QED) is 0.681. The van der Waals surface area contributed by atoms with Crippen molar-refractivity contribution in [3.8, 4) is 0 Å². The molecule has 100 valence electrons. The molecule has 3 aromatic rings. The van der Waals surface area contributed by atoms with Crippen molar-refractivity contribution >= 4 is 34.7 Å². The molecule has 4 heteroatoms. The van der Waals surface area contributed by atoms with Crippen LogP contribution >= 0.6 is 11.6 Å². The fourth-order valence-corrected chi connectivity index (χ4v) is 2.20. The van der Waals surface area contributed by atoms with Gasteiger partial charge in [-0.2, -0.15) is 5.10 Å². The van der Waals surface area contributed by atoms with Crippen molar-refractivity contribution in [2.75, 3.05) is 5.88 Å². The van der Waals surface area contributed by atoms with Gasteiger partial charge in [0.25, 0.3) is 0 Å². The third kappa shape index (κ3) is 2.89. The molecule has 0 N–H and O–H groups in total. The van der Waals surface area contributed by atoms with E-state index in [-0.39, 0.29) is 0 Å². The average molecular weight is 284 g/mol. The Balaban J connectivity index is 1.82. The van der Waals surface area contributed by atoms with E-state index in [1.165, 1.54) is 0 Å². The largest absolute Gasteiger partial charge is 0.271 e. The third-order valence-corrected chi connectivity index (χ3v) is 3.20. The van der Waals surface area contributed by atoms with Crippen LogP contribution in [0.2, 0.25) is 0 Å². The topological polar surface area (TPSA) is 30.7 Å². The monoisotopic (exact) mass is 283 g/mol. The molecule has 0 aliphatic carbocycles. The molecule has 1 aromatic carbocycles. The highest BCUT2D eigenvalue weighted by molar-refractivity contribution is 6.17. The van der Waals surface area contributed by atoms with Gasteiger partial charge in [-0.3, -0.25) is 4.68 Å². The molecule has 0 bridgehead atoms. The first kappa shape index (κ1) is 12.9. The molecule has 3 nitrogen and oxygen atoms in total. The molecule has 0 aliphatic rings. The standard InChI is InChI=1S/C16H14ClN3/c17-9-10-20-12-13(11-18-20)5-7-15-8-6-14-3-1-2-4-16(14)19-15/h1-8,11-12H,9-10H2. The number of halogens is 1. The third-order valence-electron chi connectivity index (χ3n) is 3.03. The fourth-order valence-electron chi connectivity index (χ4n) is 2.03. The molecule has 2 heterocycles. The van der Waals surface area contributed by atoms with Gasteiger partial charge >= 0.3 is 0 Å². The SMILES string of the molecule is ClCCn1cc(C=Cc2ccc3ccccc3n2)cn1. The van der Waals surface area contributed by atoms with Crippen molar-refractivity contribution in [2.24, 2.45) is 0 Å². The van der Waals surface area contributed by atoms with Crippen LogP contribution in [0.4, 0.5) is 0 Å². The van der Waals surface area contributed by atoms with Crippen LogP contribution in [0.5, 0.6) is 0 Å². The zero-order valence-electron chi connectivity index (χ0n) is 10.9. The smallest absolute Gasteiger partial charge is 0.0709 e. The Morgan fingerprint density at radius 1 is 1.10 bits per heavy atom. The molecule has 0 atom stereocenters. The number of alkyl halides is 1. The van der Waals surface area contributed by atoms with Crippen molar-refractivity contribution in [1.82, 2.24) is 14.8 Å². The first-order valence-electron chi connectivity index (χ1n) is 6.47. The van der Waals surface area contributed by atoms with Crippen molar-refractivity contribution in [1.29, 1.82) is 0 Å². The van der Waals surface area contributed by atoms with Gasteiger partial charge in [-0.15, -0.1) is 11.6 Å². The lowest BCUT2D eigenvalue weighted by Gasteiger charge is -1.97. The highest BCUT2D eigenvalue weighted by Crippen LogP contribution is 2.13. The first-order valence-corrected chi connectivity index (χ1v) is 7.01. The average Bonchev–Trinajstić information content (AvgIpc) is 2.93. The molecule has 0 aliphatic heterocycles. The van der Waals surface area contributed by atoms with E-state index in [9.17, 15) is 0 Å². The van der Waals surface area contributed by atoms with Gasteiger partial charge < -0.3 is 0 Å². The summed E-state index contributed by atoms with van der Waals surface area (Å²) in [6, 6.07) is 12.2. The van der Waals surface area contributed by atoms with Crippen LogP contribution in [0, 0.1) is 0 Å². The predicted octanol–water partition coefficient (Wildman–Crippen LogP) is 3.84. The van der Waals surface area contributed by atoms with Crippen LogP contribution in [0.3, 0.4) is 0 Å². The van der Waals surface area contributed by atoms with E-state index in [0.29, 0.717) is 5.88 Å². The van der Waals surface area contributed by atoms with E-state index >= 15 is 0 Å². The molecule has 0 radical (unpaired) electrons. The maximum Gasteiger partial charge on any atom is 0.0709 e. The second-order valence-corrected chi connectivity index (χ2v) is 4.87. The van der Waals surface area contributed by atoms with Gasteiger partial charge in [-0.1, -0.05) is 24.3 Å². The van der Waals surface area contributed by atoms with Gasteiger partial charge in [-0.05, 0) is 24.3 Å². The normalized spacial score (nSPS) is 11.4. The van der Waals surface area contributed by atoms with E-state index in [4.69, 9.17) is 11.6 Å². The number of benzene rings is 1. The molecule has 3 rings (SSSR count). The zero-order valence-corrected chi connectivity index (χ0v) is 11.7. The first-order chi connectivity index (χ1) is 9.85. The highest BCUT2D eigenvalue weighted by atomic mass is 35.5. The summed E-state index contributed by atoms with van der Waals surface area (Å²) in [7, 11) is 0. The van der Waals surface area contributed by atoms with Crippen molar-refractivity contribution in [3.63, 3.8) is 0 Å². The van der Waals surface area contributed by atoms with Crippen LogP contribution in [-0.4, -0.2) is 20.6 Å². The Labute approximate surface area is 122 Å². The van der Waals surface area contributed by atoms with Crippen LogP contribution in [0.25, 0.3) is 23.1 Å². The molecule has 0 unspecified atom stereocenters. The Kier molecular flexibility index (Phi) is 3.79. The van der Waals surface area contributed by atoms with Crippen LogP contribution < -0.4 is 0 Å². The maximum absolute atomic E-state index is 5.68. The van der Waals surface area contributed by atoms with Crippen LogP contribution in [0.15, 0.2) is 48.8 Å². The second-order valence-electron chi connectivity index (χ2n) is 4.49. The lowest BCUT2D eigenvalue weighted by molar-refractivity contribution is 0.664. The molecule has 0 spiro atoms. The number of hydrogen-bond acceptors (Lipinski definition) is 2. The van der Waals surface area contributed by atoms with Gasteiger partial charge in [0, 0.05) is 23.0 Å². The lowest BCUT2D eigenvalue weighted by atomic mass is 10.2. The lowest BCUT2D eigenvalue weighted by Crippen LogP contribution is -1.98. The van der Waals surface area contributed by atoms with Crippen molar-refractivity contribution in [3.05, 3.63) is 60.0 Å². The summed E-state index contributed by atoms with van der Waals surface area (Å²) in [5, 5.41) is 5.38. The van der Waals surface area contributed by atoms with E-state index in [1.807, 2.05) is 53.5 Å². The summed E-state index contributed by atoms with van der Waals surface area (Å²) in [6.45, 7) is 0.726. The second kappa shape index (κ2) is 5.88. The maximum atomic E-state index is 5.68. The number of rotatable bonds is 4. The van der Waals surface area contributed by atoms with Gasteiger partial charge in [0.1, 0.15) is 0 Å². The van der Waals surface area contributed by atoms with Crippen molar-refractivity contribution < 1.29 is 0 Å². The van der Waals surface area contributed by atoms with E-state index < -0.39 is 0 Å². The number of aromatic nitrogens is 3. The summed E-state index contributed by atoms with van der Waals surface area (Å²) in [6.07, 6.45) is 7.80. The molecule has 0 saturated heterocycles. The van der Waals surface area contributed by atoms with Crippen LogP contribution in [0.1, 0.15) is 11.3 Å². The van der Waals surface area contributed by atoms with Crippen molar-refractivity contribution in [2.45, 2.75) is 6.54 Å². The van der Waals surface area contributed by atoms with Gasteiger partial charge in [0.2, 0.25) is 0 Å². The molecule has 2 aromatic heterocycles. The number of fused-ring (bicyclic) bond motifs is 1. The molecule has 0 fully saturated rings. The summed E-state index contributed by atoms with van der Waals surface area (Å²) in [5.74, 6) is 0.567. The minimum atomic E-state index is 0.567. The molecular formula is C16H14ClN3. The van der Waals surface area contributed by atoms with Crippen LogP contribution in [-0.2, 0) is 6.54 Å². The Morgan fingerprint density at radius 3 is 2.90 bits per heavy atom.